The molecule has 0 saturated heterocycles. The van der Waals surface area contributed by atoms with Crippen LogP contribution in [0.2, 0.25) is 0 Å². The second-order valence-corrected chi connectivity index (χ2v) is 13.9. The van der Waals surface area contributed by atoms with Crippen LogP contribution in [0.25, 0.3) is 110 Å². The Bertz CT molecular complexity index is 3320. The topological polar surface area (TPSA) is 26.3 Å². The van der Waals surface area contributed by atoms with Crippen molar-refractivity contribution in [3.05, 3.63) is 194 Å². The fourth-order valence-corrected chi connectivity index (χ4v) is 8.43. The van der Waals surface area contributed by atoms with Gasteiger partial charge < -0.3 is 8.83 Å². The lowest BCUT2D eigenvalue weighted by Crippen LogP contribution is -1.85. The van der Waals surface area contributed by atoms with Crippen molar-refractivity contribution >= 4 is 76.2 Å². The van der Waals surface area contributed by atoms with Crippen LogP contribution in [-0.4, -0.2) is 0 Å². The first kappa shape index (κ1) is 30.5. The molecule has 2 heteroatoms. The third kappa shape index (κ3) is 4.74. The zero-order chi connectivity index (χ0) is 35.6. The van der Waals surface area contributed by atoms with Gasteiger partial charge in [0, 0.05) is 21.5 Å². The number of para-hydroxylation sites is 1. The van der Waals surface area contributed by atoms with E-state index >= 15 is 0 Å². The number of fused-ring (bicyclic) bond motifs is 12. The van der Waals surface area contributed by atoms with E-state index in [1.54, 1.807) is 0 Å². The average molecular weight is 689 g/mol. The molecule has 9 aromatic carbocycles. The summed E-state index contributed by atoms with van der Waals surface area (Å²) < 4.78 is 13.1. The molecule has 2 heterocycles. The zero-order valence-electron chi connectivity index (χ0n) is 29.3. The Morgan fingerprint density at radius 1 is 0.259 bits per heavy atom. The van der Waals surface area contributed by atoms with Crippen molar-refractivity contribution < 1.29 is 8.83 Å². The highest BCUT2D eigenvalue weighted by atomic mass is 16.3. The van der Waals surface area contributed by atoms with Crippen molar-refractivity contribution in [1.82, 2.24) is 0 Å². The molecule has 0 spiro atoms. The van der Waals surface area contributed by atoms with Crippen LogP contribution < -0.4 is 0 Å². The minimum Gasteiger partial charge on any atom is -0.455 e. The molecule has 252 valence electrons. The summed E-state index contributed by atoms with van der Waals surface area (Å²) in [5.41, 5.74) is 10.5. The first-order chi connectivity index (χ1) is 26.8. The van der Waals surface area contributed by atoms with Crippen molar-refractivity contribution in [3.8, 4) is 33.4 Å². The highest BCUT2D eigenvalue weighted by Crippen LogP contribution is 2.45. The Hall–Kier alpha value is -7.16. The van der Waals surface area contributed by atoms with Crippen LogP contribution in [0, 0.1) is 0 Å². The highest BCUT2D eigenvalue weighted by molar-refractivity contribution is 6.33. The quantitative estimate of drug-likeness (QED) is 0.185. The number of benzene rings is 8. The van der Waals surface area contributed by atoms with E-state index in [0.29, 0.717) is 0 Å². The van der Waals surface area contributed by atoms with Gasteiger partial charge in [-0.25, -0.2) is 0 Å². The number of furan rings is 2. The van der Waals surface area contributed by atoms with E-state index in [9.17, 15) is 0 Å². The van der Waals surface area contributed by atoms with E-state index in [4.69, 9.17) is 8.83 Å². The first-order valence-electron chi connectivity index (χ1n) is 18.4. The molecule has 0 N–H and O–H groups in total. The van der Waals surface area contributed by atoms with Gasteiger partial charge in [-0.05, 0) is 78.5 Å². The third-order valence-electron chi connectivity index (χ3n) is 10.9. The zero-order valence-corrected chi connectivity index (χ0v) is 29.3. The smallest absolute Gasteiger partial charge is 0.147 e. The van der Waals surface area contributed by atoms with Crippen LogP contribution in [0.4, 0.5) is 0 Å². The second kappa shape index (κ2) is 12.2. The van der Waals surface area contributed by atoms with Gasteiger partial charge in [0.1, 0.15) is 22.3 Å². The molecule has 2 nitrogen and oxygen atoms in total. The standard InChI is InChI=1S/C52H32O2/c1-2-4-18-41(40-24-13-15-34-14-5-6-17-37(34)40)42-20-8-7-19-39(42)38(16-3-1)35-28-26-33(27-29-35)36-30-31-48-46(32-36)49-43-21-9-10-22-44(43)51-50(52(49)54-48)45-23-11-12-25-47(45)53-51/h1-32H. The molecule has 0 radical (unpaired) electrons. The number of rotatable bonds is 3. The van der Waals surface area contributed by atoms with Crippen LogP contribution in [0.15, 0.2) is 203 Å². The van der Waals surface area contributed by atoms with Crippen LogP contribution >= 0.6 is 0 Å². The van der Waals surface area contributed by atoms with Crippen LogP contribution in [0.3, 0.4) is 0 Å². The number of hydrogen-bond acceptors (Lipinski definition) is 2. The van der Waals surface area contributed by atoms with Crippen molar-refractivity contribution in [2.24, 2.45) is 0 Å². The van der Waals surface area contributed by atoms with E-state index < -0.39 is 0 Å². The Morgan fingerprint density at radius 2 is 0.778 bits per heavy atom. The Kier molecular flexibility index (Phi) is 6.90. The van der Waals surface area contributed by atoms with Gasteiger partial charge in [0.2, 0.25) is 0 Å². The maximum atomic E-state index is 6.69. The summed E-state index contributed by atoms with van der Waals surface area (Å²) >= 11 is 0. The molecule has 0 aliphatic rings. The summed E-state index contributed by atoms with van der Waals surface area (Å²) in [6.07, 6.45) is 0. The van der Waals surface area contributed by atoms with Gasteiger partial charge in [-0.2, -0.15) is 0 Å². The molecule has 54 heavy (non-hydrogen) atoms. The van der Waals surface area contributed by atoms with Crippen LogP contribution in [-0.2, 0) is 0 Å². The first-order valence-corrected chi connectivity index (χ1v) is 18.4. The molecular weight excluding hydrogens is 657 g/mol. The van der Waals surface area contributed by atoms with E-state index in [-0.39, 0.29) is 0 Å². The van der Waals surface area contributed by atoms with E-state index in [2.05, 4.69) is 182 Å². The van der Waals surface area contributed by atoms with Crippen molar-refractivity contribution in [3.63, 3.8) is 0 Å². The molecule has 0 aliphatic heterocycles. The lowest BCUT2D eigenvalue weighted by atomic mass is 9.92. The molecule has 0 aliphatic carbocycles. The average Bonchev–Trinajstić information content (AvgIpc) is 3.81. The van der Waals surface area contributed by atoms with Gasteiger partial charge in [-0.3, -0.25) is 0 Å². The van der Waals surface area contributed by atoms with Crippen LogP contribution in [0.1, 0.15) is 0 Å². The molecule has 0 amide bonds. The van der Waals surface area contributed by atoms with Gasteiger partial charge in [0.15, 0.2) is 0 Å². The lowest BCUT2D eigenvalue weighted by Gasteiger charge is -2.12. The number of hydrogen-bond donors (Lipinski definition) is 0. The molecule has 0 bridgehead atoms. The summed E-state index contributed by atoms with van der Waals surface area (Å²) in [6, 6.07) is 69.2. The maximum Gasteiger partial charge on any atom is 0.147 e. The van der Waals surface area contributed by atoms with Crippen LogP contribution in [0.5, 0.6) is 0 Å². The fourth-order valence-electron chi connectivity index (χ4n) is 8.43. The summed E-state index contributed by atoms with van der Waals surface area (Å²) in [5, 5.41) is 11.4. The van der Waals surface area contributed by atoms with E-state index in [0.717, 1.165) is 71.3 Å². The largest absolute Gasteiger partial charge is 0.455 e. The van der Waals surface area contributed by atoms with Gasteiger partial charge in [0.05, 0.1) is 5.39 Å². The minimum absolute atomic E-state index is 0.868. The van der Waals surface area contributed by atoms with Gasteiger partial charge >= 0.3 is 0 Å². The third-order valence-corrected chi connectivity index (χ3v) is 10.9. The Morgan fingerprint density at radius 3 is 1.59 bits per heavy atom. The molecule has 11 aromatic rings. The second-order valence-electron chi connectivity index (χ2n) is 13.9. The van der Waals surface area contributed by atoms with E-state index in [1.807, 2.05) is 12.1 Å². The summed E-state index contributed by atoms with van der Waals surface area (Å²) in [5.74, 6) is 0. The Labute approximate surface area is 311 Å². The molecule has 0 unspecified atom stereocenters. The molecule has 11 rings (SSSR count). The van der Waals surface area contributed by atoms with Crippen molar-refractivity contribution in [1.29, 1.82) is 0 Å². The highest BCUT2D eigenvalue weighted by Gasteiger charge is 2.21. The van der Waals surface area contributed by atoms with Gasteiger partial charge in [-0.1, -0.05) is 176 Å². The van der Waals surface area contributed by atoms with Crippen molar-refractivity contribution in [2.45, 2.75) is 0 Å². The fraction of sp³-hybridized carbons (Fsp3) is 0. The summed E-state index contributed by atoms with van der Waals surface area (Å²) in [6.45, 7) is 0. The molecule has 0 atom stereocenters. The molecular formula is C52H32O2. The Balaban J connectivity index is 1.08. The monoisotopic (exact) mass is 688 g/mol. The van der Waals surface area contributed by atoms with Gasteiger partial charge in [-0.15, -0.1) is 0 Å². The molecule has 0 fully saturated rings. The maximum absolute atomic E-state index is 6.69. The predicted molar refractivity (Wildman–Crippen MR) is 227 cm³/mol. The van der Waals surface area contributed by atoms with Crippen molar-refractivity contribution in [2.75, 3.05) is 0 Å². The van der Waals surface area contributed by atoms with Gasteiger partial charge in [0.25, 0.3) is 0 Å². The molecule has 2 aromatic heterocycles. The summed E-state index contributed by atoms with van der Waals surface area (Å²) in [7, 11) is 0. The normalized spacial score (nSPS) is 11.7. The molecule has 0 saturated carbocycles. The lowest BCUT2D eigenvalue weighted by molar-refractivity contribution is 0.665. The predicted octanol–water partition coefficient (Wildman–Crippen LogP) is 15.1. The summed E-state index contributed by atoms with van der Waals surface area (Å²) in [4.78, 5) is 0. The minimum atomic E-state index is 0.868. The SMILES string of the molecule is c1cccc(-c2cccc3ccccc23)c2ccccc2c(-c2ccc(-c3ccc4oc5c(c4c3)c3ccccc3c3oc4ccccc4c35)cc2)cc1. The van der Waals surface area contributed by atoms with E-state index in [1.165, 1.54) is 38.2 Å².